The summed E-state index contributed by atoms with van der Waals surface area (Å²) < 4.78 is 40.7. The molecule has 5 rings (SSSR count). The van der Waals surface area contributed by atoms with Crippen molar-refractivity contribution in [2.45, 2.75) is 44.6 Å². The number of halogens is 2. The van der Waals surface area contributed by atoms with Crippen LogP contribution in [0.5, 0.6) is 0 Å². The van der Waals surface area contributed by atoms with Crippen molar-refractivity contribution in [2.24, 2.45) is 12.8 Å². The summed E-state index contributed by atoms with van der Waals surface area (Å²) in [5.41, 5.74) is 8.53. The second-order valence-electron chi connectivity index (χ2n) is 7.90. The van der Waals surface area contributed by atoms with Crippen LogP contribution in [0.4, 0.5) is 8.78 Å². The van der Waals surface area contributed by atoms with Crippen molar-refractivity contribution in [2.75, 3.05) is 6.61 Å². The first-order valence-corrected chi connectivity index (χ1v) is 9.82. The molecule has 2 unspecified atom stereocenters. The Hall–Kier alpha value is -2.69. The van der Waals surface area contributed by atoms with Crippen LogP contribution in [0.3, 0.4) is 0 Å². The molecule has 1 fully saturated rings. The predicted molar refractivity (Wildman–Crippen MR) is 102 cm³/mol. The van der Waals surface area contributed by atoms with Gasteiger partial charge in [-0.1, -0.05) is 5.16 Å². The molecule has 0 spiro atoms. The van der Waals surface area contributed by atoms with Crippen LogP contribution in [0, 0.1) is 18.6 Å². The molecule has 3 aromatic rings. The molecule has 2 N–H and O–H groups in total. The zero-order valence-corrected chi connectivity index (χ0v) is 16.7. The highest BCUT2D eigenvalue weighted by molar-refractivity contribution is 5.46. The summed E-state index contributed by atoms with van der Waals surface area (Å²) in [4.78, 5) is 11.2. The number of benzene rings is 1. The topological polar surface area (TPSA) is 95.2 Å². The lowest BCUT2D eigenvalue weighted by Crippen LogP contribution is -2.47. The molecule has 2 aromatic heterocycles. The highest BCUT2D eigenvalue weighted by Crippen LogP contribution is 2.35. The van der Waals surface area contributed by atoms with E-state index in [1.54, 1.807) is 6.92 Å². The number of aryl methyl sites for hydroxylation is 1. The van der Waals surface area contributed by atoms with E-state index in [1.165, 1.54) is 0 Å². The molecular weight excluding hydrogens is 394 g/mol. The maximum absolute atomic E-state index is 14.1. The van der Waals surface area contributed by atoms with Crippen molar-refractivity contribution in [1.29, 1.82) is 0 Å². The average molecular weight is 416 g/mol. The van der Waals surface area contributed by atoms with Crippen molar-refractivity contribution in [3.8, 4) is 11.6 Å². The van der Waals surface area contributed by atoms with Gasteiger partial charge >= 0.3 is 0 Å². The van der Waals surface area contributed by atoms with Crippen molar-refractivity contribution in [1.82, 2.24) is 24.6 Å². The zero-order valence-electron chi connectivity index (χ0n) is 16.7. The van der Waals surface area contributed by atoms with E-state index in [9.17, 15) is 8.78 Å². The molecule has 1 saturated heterocycles. The van der Waals surface area contributed by atoms with Crippen LogP contribution in [0.2, 0.25) is 0 Å². The van der Waals surface area contributed by atoms with E-state index >= 15 is 0 Å². The molecule has 0 bridgehead atoms. The van der Waals surface area contributed by atoms with Crippen LogP contribution in [-0.4, -0.2) is 43.3 Å². The van der Waals surface area contributed by atoms with Gasteiger partial charge in [-0.25, -0.2) is 13.8 Å². The number of fused-ring (bicyclic) bond motifs is 1. The van der Waals surface area contributed by atoms with Crippen molar-refractivity contribution >= 4 is 0 Å². The molecule has 0 amide bonds. The predicted octanol–water partition coefficient (Wildman–Crippen LogP) is 2.23. The van der Waals surface area contributed by atoms with Gasteiger partial charge in [-0.05, 0) is 24.6 Å². The Morgan fingerprint density at radius 3 is 2.73 bits per heavy atom. The third kappa shape index (κ3) is 3.21. The summed E-state index contributed by atoms with van der Waals surface area (Å²) >= 11 is 0. The minimum Gasteiger partial charge on any atom is -0.370 e. The second-order valence-corrected chi connectivity index (χ2v) is 7.90. The van der Waals surface area contributed by atoms with Gasteiger partial charge < -0.3 is 19.6 Å². The zero-order chi connectivity index (χ0) is 21.0. The maximum atomic E-state index is 14.1. The standard InChI is InChI=1S/C20H22F2N6O2/c1-10-24-19(26-30-10)20-25-16-7-28(8-17(16)27(20)2)12-6-15(23)18(29-9-12)13-5-11(21)3-4-14(13)22/h3-5,12,15,18H,6-9,23H2,1-2H3/t12?,15?,18-/m1/s1. The molecule has 30 heavy (non-hydrogen) atoms. The molecule has 10 heteroatoms. The molecule has 2 aliphatic rings. The molecule has 1 aromatic carbocycles. The molecular formula is C20H22F2N6O2. The summed E-state index contributed by atoms with van der Waals surface area (Å²) in [7, 11) is 1.93. The Morgan fingerprint density at radius 1 is 1.20 bits per heavy atom. The summed E-state index contributed by atoms with van der Waals surface area (Å²) in [6, 6.07) is 3.00. The summed E-state index contributed by atoms with van der Waals surface area (Å²) in [6.45, 7) is 3.47. The first-order chi connectivity index (χ1) is 14.4. The molecule has 2 aliphatic heterocycles. The minimum absolute atomic E-state index is 0.0675. The van der Waals surface area contributed by atoms with Gasteiger partial charge in [-0.15, -0.1) is 0 Å². The van der Waals surface area contributed by atoms with Gasteiger partial charge in [0.25, 0.3) is 0 Å². The van der Waals surface area contributed by atoms with Gasteiger partial charge in [-0.2, -0.15) is 4.98 Å². The van der Waals surface area contributed by atoms with E-state index in [2.05, 4.69) is 15.0 Å². The average Bonchev–Trinajstić information content (AvgIpc) is 3.40. The fraction of sp³-hybridized carbons (Fsp3) is 0.450. The molecule has 0 saturated carbocycles. The molecule has 0 radical (unpaired) electrons. The van der Waals surface area contributed by atoms with Gasteiger partial charge in [0, 0.05) is 44.7 Å². The minimum atomic E-state index is -0.659. The lowest BCUT2D eigenvalue weighted by Gasteiger charge is -2.38. The number of imidazole rings is 1. The number of nitrogens with zero attached hydrogens (tertiary/aromatic N) is 5. The van der Waals surface area contributed by atoms with Crippen LogP contribution in [-0.2, 0) is 24.9 Å². The van der Waals surface area contributed by atoms with Crippen LogP contribution < -0.4 is 5.73 Å². The number of ether oxygens (including phenoxy) is 1. The van der Waals surface area contributed by atoms with Gasteiger partial charge in [0.2, 0.25) is 11.7 Å². The quantitative estimate of drug-likeness (QED) is 0.700. The Bertz CT molecular complexity index is 1100. The molecule has 158 valence electrons. The normalized spacial score (nSPS) is 24.4. The summed E-state index contributed by atoms with van der Waals surface area (Å²) in [6.07, 6.45) is -0.0426. The first-order valence-electron chi connectivity index (χ1n) is 9.82. The van der Waals surface area contributed by atoms with Crippen molar-refractivity contribution in [3.63, 3.8) is 0 Å². The Balaban J connectivity index is 1.29. The number of aromatic nitrogens is 4. The first kappa shape index (κ1) is 19.3. The third-order valence-electron chi connectivity index (χ3n) is 5.91. The Morgan fingerprint density at radius 2 is 2.03 bits per heavy atom. The lowest BCUT2D eigenvalue weighted by atomic mass is 9.93. The Labute approximate surface area is 171 Å². The van der Waals surface area contributed by atoms with Gasteiger partial charge in [0.15, 0.2) is 5.82 Å². The van der Waals surface area contributed by atoms with E-state index in [4.69, 9.17) is 20.0 Å². The molecule has 0 aliphatic carbocycles. The number of hydrogen-bond donors (Lipinski definition) is 1. The highest BCUT2D eigenvalue weighted by Gasteiger charge is 2.38. The highest BCUT2D eigenvalue weighted by atomic mass is 19.1. The van der Waals surface area contributed by atoms with E-state index in [0.717, 1.165) is 29.6 Å². The van der Waals surface area contributed by atoms with Crippen molar-refractivity contribution in [3.05, 3.63) is 52.7 Å². The number of rotatable bonds is 3. The third-order valence-corrected chi connectivity index (χ3v) is 5.91. The fourth-order valence-corrected chi connectivity index (χ4v) is 4.35. The Kier molecular flexibility index (Phi) is 4.64. The van der Waals surface area contributed by atoms with Crippen LogP contribution >= 0.6 is 0 Å². The number of nitrogens with two attached hydrogens (primary N) is 1. The molecule has 8 nitrogen and oxygen atoms in total. The molecule has 3 atom stereocenters. The van der Waals surface area contributed by atoms with E-state index in [1.807, 2.05) is 11.6 Å². The summed E-state index contributed by atoms with van der Waals surface area (Å²) in [5, 5.41) is 3.95. The summed E-state index contributed by atoms with van der Waals surface area (Å²) in [5.74, 6) is 0.636. The second kappa shape index (κ2) is 7.22. The van der Waals surface area contributed by atoms with E-state index in [-0.39, 0.29) is 11.6 Å². The smallest absolute Gasteiger partial charge is 0.238 e. The van der Waals surface area contributed by atoms with E-state index in [0.29, 0.717) is 43.7 Å². The SMILES string of the molecule is Cc1nc(-c2nc3c(n2C)CN(C2CO[C@H](c4cc(F)ccc4F)C(N)C2)C3)no1. The van der Waals surface area contributed by atoms with Crippen LogP contribution in [0.1, 0.15) is 35.4 Å². The monoisotopic (exact) mass is 416 g/mol. The largest absolute Gasteiger partial charge is 0.370 e. The van der Waals surface area contributed by atoms with Gasteiger partial charge in [0.1, 0.15) is 17.7 Å². The van der Waals surface area contributed by atoms with Crippen molar-refractivity contribution < 1.29 is 18.0 Å². The van der Waals surface area contributed by atoms with E-state index < -0.39 is 23.8 Å². The number of hydrogen-bond acceptors (Lipinski definition) is 7. The molecule has 4 heterocycles. The maximum Gasteiger partial charge on any atom is 0.238 e. The van der Waals surface area contributed by atoms with Gasteiger partial charge in [-0.3, -0.25) is 4.90 Å². The van der Waals surface area contributed by atoms with Crippen LogP contribution in [0.15, 0.2) is 22.7 Å². The van der Waals surface area contributed by atoms with Crippen LogP contribution in [0.25, 0.3) is 11.6 Å². The lowest BCUT2D eigenvalue weighted by molar-refractivity contribution is -0.0534. The van der Waals surface area contributed by atoms with Gasteiger partial charge in [0.05, 0.1) is 18.0 Å². The fourth-order valence-electron chi connectivity index (χ4n) is 4.35.